The predicted octanol–water partition coefficient (Wildman–Crippen LogP) is -0.166. The Hall–Kier alpha value is -1.40. The van der Waals surface area contributed by atoms with Gasteiger partial charge in [0.05, 0.1) is 11.1 Å². The van der Waals surface area contributed by atoms with Crippen molar-refractivity contribution in [2.24, 2.45) is 18.2 Å². The van der Waals surface area contributed by atoms with Crippen LogP contribution in [0.5, 0.6) is 0 Å². The molecular formula is C13H22N4O2. The maximum atomic E-state index is 12.3. The highest BCUT2D eigenvalue weighted by Gasteiger charge is 2.38. The summed E-state index contributed by atoms with van der Waals surface area (Å²) in [5.74, 6) is 0.0502. The molecule has 3 N–H and O–H groups in total. The number of nitrogens with zero attached hydrogens (tertiary/aromatic N) is 2. The van der Waals surface area contributed by atoms with E-state index >= 15 is 0 Å². The highest BCUT2D eigenvalue weighted by atomic mass is 16.5. The van der Waals surface area contributed by atoms with Gasteiger partial charge in [-0.2, -0.15) is 5.10 Å². The van der Waals surface area contributed by atoms with Crippen LogP contribution in [0.2, 0.25) is 0 Å². The van der Waals surface area contributed by atoms with Crippen molar-refractivity contribution in [1.29, 1.82) is 0 Å². The van der Waals surface area contributed by atoms with Crippen LogP contribution in [0, 0.1) is 5.41 Å². The predicted molar refractivity (Wildman–Crippen MR) is 71.5 cm³/mol. The zero-order valence-corrected chi connectivity index (χ0v) is 11.4. The molecule has 106 valence electrons. The second kappa shape index (κ2) is 6.16. The van der Waals surface area contributed by atoms with E-state index in [2.05, 4.69) is 10.4 Å². The van der Waals surface area contributed by atoms with Gasteiger partial charge in [0.25, 0.3) is 0 Å². The van der Waals surface area contributed by atoms with Gasteiger partial charge in [-0.3, -0.25) is 9.48 Å². The molecule has 1 aliphatic rings. The van der Waals surface area contributed by atoms with Gasteiger partial charge in [-0.1, -0.05) is 0 Å². The lowest BCUT2D eigenvalue weighted by Gasteiger charge is -2.34. The van der Waals surface area contributed by atoms with E-state index in [9.17, 15) is 4.79 Å². The number of amides is 1. The first-order chi connectivity index (χ1) is 9.16. The maximum Gasteiger partial charge on any atom is 0.227 e. The average Bonchev–Trinajstić information content (AvgIpc) is 2.85. The highest BCUT2D eigenvalue weighted by Crippen LogP contribution is 2.29. The van der Waals surface area contributed by atoms with Gasteiger partial charge in [0, 0.05) is 46.0 Å². The summed E-state index contributed by atoms with van der Waals surface area (Å²) in [5, 5.41) is 7.26. The van der Waals surface area contributed by atoms with Gasteiger partial charge in [0.2, 0.25) is 5.91 Å². The van der Waals surface area contributed by atoms with Crippen LogP contribution in [0.3, 0.4) is 0 Å². The van der Waals surface area contributed by atoms with Crippen LogP contribution >= 0.6 is 0 Å². The highest BCUT2D eigenvalue weighted by molar-refractivity contribution is 5.83. The molecule has 1 aromatic rings. The minimum absolute atomic E-state index is 0.0502. The van der Waals surface area contributed by atoms with E-state index in [1.165, 1.54) is 0 Å². The molecule has 2 rings (SSSR count). The van der Waals surface area contributed by atoms with E-state index in [0.717, 1.165) is 12.1 Å². The van der Waals surface area contributed by atoms with Gasteiger partial charge in [-0.15, -0.1) is 0 Å². The Morgan fingerprint density at radius 1 is 1.58 bits per heavy atom. The lowest BCUT2D eigenvalue weighted by atomic mass is 9.79. The third-order valence-electron chi connectivity index (χ3n) is 3.76. The fraction of sp³-hybridized carbons (Fsp3) is 0.692. The van der Waals surface area contributed by atoms with Gasteiger partial charge in [-0.05, 0) is 18.9 Å². The fourth-order valence-electron chi connectivity index (χ4n) is 2.37. The molecule has 0 unspecified atom stereocenters. The van der Waals surface area contributed by atoms with E-state index in [0.29, 0.717) is 39.1 Å². The van der Waals surface area contributed by atoms with Crippen molar-refractivity contribution in [2.45, 2.75) is 19.3 Å². The standard InChI is InChI=1S/C13H22N4O2/c1-17-7-3-11(16-17)2-6-15-12(18)13(10-14)4-8-19-9-5-13/h3,7H,2,4-6,8-10,14H2,1H3,(H,15,18). The van der Waals surface area contributed by atoms with Crippen molar-refractivity contribution in [3.63, 3.8) is 0 Å². The Labute approximate surface area is 113 Å². The minimum atomic E-state index is -0.442. The van der Waals surface area contributed by atoms with Crippen LogP contribution in [0.4, 0.5) is 0 Å². The molecule has 1 saturated heterocycles. The average molecular weight is 266 g/mol. The summed E-state index contributed by atoms with van der Waals surface area (Å²) < 4.78 is 7.07. The van der Waals surface area contributed by atoms with Crippen molar-refractivity contribution in [3.05, 3.63) is 18.0 Å². The van der Waals surface area contributed by atoms with Crippen LogP contribution in [-0.2, 0) is 23.0 Å². The number of ether oxygens (including phenoxy) is 1. The van der Waals surface area contributed by atoms with Crippen LogP contribution < -0.4 is 11.1 Å². The van der Waals surface area contributed by atoms with Gasteiger partial charge in [0.1, 0.15) is 0 Å². The molecule has 1 aromatic heterocycles. The smallest absolute Gasteiger partial charge is 0.227 e. The first-order valence-corrected chi connectivity index (χ1v) is 6.71. The van der Waals surface area contributed by atoms with Gasteiger partial charge in [-0.25, -0.2) is 0 Å². The van der Waals surface area contributed by atoms with E-state index in [4.69, 9.17) is 10.5 Å². The van der Waals surface area contributed by atoms with E-state index in [1.807, 2.05) is 19.3 Å². The van der Waals surface area contributed by atoms with Crippen LogP contribution in [0.15, 0.2) is 12.3 Å². The zero-order chi connectivity index (χ0) is 13.7. The van der Waals surface area contributed by atoms with Gasteiger partial charge < -0.3 is 15.8 Å². The molecule has 1 aliphatic heterocycles. The molecular weight excluding hydrogens is 244 g/mol. The van der Waals surface area contributed by atoms with Crippen molar-refractivity contribution in [2.75, 3.05) is 26.3 Å². The number of hydrogen-bond donors (Lipinski definition) is 2. The Kier molecular flexibility index (Phi) is 4.55. The number of aromatic nitrogens is 2. The quantitative estimate of drug-likeness (QED) is 0.775. The molecule has 1 amide bonds. The van der Waals surface area contributed by atoms with Crippen LogP contribution in [-0.4, -0.2) is 42.0 Å². The van der Waals surface area contributed by atoms with Gasteiger partial charge >= 0.3 is 0 Å². The summed E-state index contributed by atoms with van der Waals surface area (Å²) in [6, 6.07) is 1.96. The van der Waals surface area contributed by atoms with E-state index in [1.54, 1.807) is 4.68 Å². The molecule has 0 atom stereocenters. The Bertz CT molecular complexity index is 424. The Morgan fingerprint density at radius 2 is 2.32 bits per heavy atom. The summed E-state index contributed by atoms with van der Waals surface area (Å²) in [4.78, 5) is 12.3. The minimum Gasteiger partial charge on any atom is -0.381 e. The molecule has 6 heteroatoms. The fourth-order valence-corrected chi connectivity index (χ4v) is 2.37. The molecule has 0 spiro atoms. The van der Waals surface area contributed by atoms with Gasteiger partial charge in [0.15, 0.2) is 0 Å². The van der Waals surface area contributed by atoms with Crippen LogP contribution in [0.1, 0.15) is 18.5 Å². The first kappa shape index (κ1) is 14.0. The molecule has 19 heavy (non-hydrogen) atoms. The van der Waals surface area contributed by atoms with E-state index in [-0.39, 0.29) is 5.91 Å². The molecule has 6 nitrogen and oxygen atoms in total. The van der Waals surface area contributed by atoms with Crippen molar-refractivity contribution in [1.82, 2.24) is 15.1 Å². The number of rotatable bonds is 5. The second-order valence-corrected chi connectivity index (χ2v) is 5.08. The summed E-state index contributed by atoms with van der Waals surface area (Å²) in [5.41, 5.74) is 6.33. The molecule has 0 aliphatic carbocycles. The second-order valence-electron chi connectivity index (χ2n) is 5.08. The number of carbonyl (C=O) groups is 1. The molecule has 0 aromatic carbocycles. The Morgan fingerprint density at radius 3 is 2.89 bits per heavy atom. The SMILES string of the molecule is Cn1ccc(CCNC(=O)C2(CN)CCOCC2)n1. The number of hydrogen-bond acceptors (Lipinski definition) is 4. The van der Waals surface area contributed by atoms with Crippen LogP contribution in [0.25, 0.3) is 0 Å². The summed E-state index contributed by atoms with van der Waals surface area (Å²) >= 11 is 0. The summed E-state index contributed by atoms with van der Waals surface area (Å²) in [6.07, 6.45) is 4.05. The number of aryl methyl sites for hydroxylation is 1. The number of carbonyl (C=O) groups excluding carboxylic acids is 1. The molecule has 0 radical (unpaired) electrons. The number of nitrogens with two attached hydrogens (primary N) is 1. The van der Waals surface area contributed by atoms with Crippen molar-refractivity contribution >= 4 is 5.91 Å². The molecule has 0 saturated carbocycles. The largest absolute Gasteiger partial charge is 0.381 e. The third kappa shape index (κ3) is 3.33. The lowest BCUT2D eigenvalue weighted by molar-refractivity contribution is -0.135. The number of nitrogens with one attached hydrogen (secondary N) is 1. The molecule has 2 heterocycles. The van der Waals surface area contributed by atoms with E-state index < -0.39 is 5.41 Å². The molecule has 1 fully saturated rings. The third-order valence-corrected chi connectivity index (χ3v) is 3.76. The maximum absolute atomic E-state index is 12.3. The normalized spacial score (nSPS) is 18.2. The first-order valence-electron chi connectivity index (χ1n) is 6.71. The molecule has 0 bridgehead atoms. The Balaban J connectivity index is 1.82. The topological polar surface area (TPSA) is 82.2 Å². The summed E-state index contributed by atoms with van der Waals surface area (Å²) in [6.45, 7) is 2.21. The van der Waals surface area contributed by atoms with Crippen molar-refractivity contribution < 1.29 is 9.53 Å². The summed E-state index contributed by atoms with van der Waals surface area (Å²) in [7, 11) is 1.88. The zero-order valence-electron chi connectivity index (χ0n) is 11.4. The van der Waals surface area contributed by atoms with Crippen molar-refractivity contribution in [3.8, 4) is 0 Å². The lowest BCUT2D eigenvalue weighted by Crippen LogP contribution is -2.49. The monoisotopic (exact) mass is 266 g/mol.